The Kier molecular flexibility index (Phi) is 7.03. The van der Waals surface area contributed by atoms with Crippen molar-refractivity contribution in [3.8, 4) is 17.1 Å². The second-order valence-electron chi connectivity index (χ2n) is 7.69. The van der Waals surface area contributed by atoms with E-state index in [-0.39, 0.29) is 12.1 Å². The summed E-state index contributed by atoms with van der Waals surface area (Å²) in [6.45, 7) is 7.15. The number of rotatable bonds is 8. The molecule has 0 saturated heterocycles. The topological polar surface area (TPSA) is 80.5 Å². The molecule has 2 aromatic carbocycles. The van der Waals surface area contributed by atoms with Gasteiger partial charge >= 0.3 is 6.03 Å². The molecule has 4 rings (SSSR count). The molecule has 2 heterocycles. The lowest BCUT2D eigenvalue weighted by Crippen LogP contribution is -2.46. The Hall–Kier alpha value is -3.26. The van der Waals surface area contributed by atoms with Gasteiger partial charge in [-0.1, -0.05) is 24.2 Å². The molecule has 0 bridgehead atoms. The summed E-state index contributed by atoms with van der Waals surface area (Å²) in [4.78, 5) is 20.5. The molecular weight excluding hydrogens is 436 g/mol. The van der Waals surface area contributed by atoms with Gasteiger partial charge in [0, 0.05) is 22.7 Å². The molecule has 0 radical (unpaired) electrons. The number of urea groups is 1. The third-order valence-corrected chi connectivity index (χ3v) is 6.32. The molecule has 1 aliphatic rings. The number of allylic oxidation sites excluding steroid dienone is 1. The first-order chi connectivity index (χ1) is 16.0. The number of nitrogens with one attached hydrogen (secondary N) is 1. The van der Waals surface area contributed by atoms with Crippen molar-refractivity contribution in [1.29, 1.82) is 0 Å². The maximum atomic E-state index is 12.9. The lowest BCUT2D eigenvalue weighted by atomic mass is 9.94. The van der Waals surface area contributed by atoms with Crippen LogP contribution in [0, 0.1) is 0 Å². The van der Waals surface area contributed by atoms with Gasteiger partial charge in [-0.25, -0.2) is 4.79 Å². The highest BCUT2D eigenvalue weighted by molar-refractivity contribution is 7.98. The molecule has 0 aliphatic carbocycles. The number of ether oxygens (including phenoxy) is 1. The number of amides is 2. The van der Waals surface area contributed by atoms with Crippen LogP contribution >= 0.6 is 11.8 Å². The Morgan fingerprint density at radius 2 is 1.85 bits per heavy atom. The van der Waals surface area contributed by atoms with Crippen molar-refractivity contribution >= 4 is 23.4 Å². The lowest BCUT2D eigenvalue weighted by Gasteiger charge is -2.35. The van der Waals surface area contributed by atoms with Gasteiger partial charge in [-0.15, -0.1) is 11.8 Å². The fourth-order valence-corrected chi connectivity index (χ4v) is 4.32. The van der Waals surface area contributed by atoms with Gasteiger partial charge in [0.2, 0.25) is 5.82 Å². The molecule has 8 heteroatoms. The zero-order chi connectivity index (χ0) is 23.4. The van der Waals surface area contributed by atoms with Crippen molar-refractivity contribution in [3.63, 3.8) is 0 Å². The first-order valence-electron chi connectivity index (χ1n) is 11.1. The molecular formula is C25H28N4O3S. The third kappa shape index (κ3) is 4.75. The van der Waals surface area contributed by atoms with Crippen molar-refractivity contribution < 1.29 is 14.1 Å². The summed E-state index contributed by atoms with van der Waals surface area (Å²) in [5.74, 6) is 1.68. The molecule has 0 saturated carbocycles. The van der Waals surface area contributed by atoms with Gasteiger partial charge in [-0.2, -0.15) is 4.98 Å². The Labute approximate surface area is 198 Å². The van der Waals surface area contributed by atoms with E-state index in [0.717, 1.165) is 39.5 Å². The van der Waals surface area contributed by atoms with Crippen LogP contribution in [0.15, 0.2) is 63.6 Å². The molecule has 2 amide bonds. The summed E-state index contributed by atoms with van der Waals surface area (Å²) in [6, 6.07) is 15.3. The molecule has 33 heavy (non-hydrogen) atoms. The summed E-state index contributed by atoms with van der Waals surface area (Å²) in [6.07, 6.45) is 2.88. The van der Waals surface area contributed by atoms with Gasteiger partial charge in [0.15, 0.2) is 0 Å². The number of aromatic nitrogens is 2. The summed E-state index contributed by atoms with van der Waals surface area (Å²) in [5.41, 5.74) is 3.43. The average Bonchev–Trinajstić information content (AvgIpc) is 3.32. The number of hydrogen-bond acceptors (Lipinski definition) is 6. The van der Waals surface area contributed by atoms with Gasteiger partial charge in [0.05, 0.1) is 18.2 Å². The second-order valence-corrected chi connectivity index (χ2v) is 8.57. The van der Waals surface area contributed by atoms with E-state index in [9.17, 15) is 4.79 Å². The summed E-state index contributed by atoms with van der Waals surface area (Å²) < 4.78 is 11.2. The largest absolute Gasteiger partial charge is 0.494 e. The fraction of sp³-hybridized carbons (Fsp3) is 0.320. The highest BCUT2D eigenvalue weighted by Crippen LogP contribution is 2.37. The normalized spacial score (nSPS) is 16.2. The minimum atomic E-state index is -0.379. The standard InChI is InChI=1S/C25H28N4O3S/c1-5-15-29-16(3)21(22(26-25(29)30)17-9-13-20(33-4)14-10-17)24-27-23(28-32-24)18-7-11-19(12-8-18)31-6-2/h7-14,22H,5-6,15H2,1-4H3,(H,26,30). The molecule has 3 aromatic rings. The van der Waals surface area contributed by atoms with Crippen LogP contribution in [0.1, 0.15) is 44.7 Å². The molecule has 1 aliphatic heterocycles. The van der Waals surface area contributed by atoms with Crippen LogP contribution in [0.4, 0.5) is 4.79 Å². The van der Waals surface area contributed by atoms with E-state index in [4.69, 9.17) is 14.2 Å². The molecule has 172 valence electrons. The maximum absolute atomic E-state index is 12.9. The van der Waals surface area contributed by atoms with Crippen molar-refractivity contribution in [1.82, 2.24) is 20.4 Å². The Bertz CT molecular complexity index is 1140. The highest BCUT2D eigenvalue weighted by Gasteiger charge is 2.35. The van der Waals surface area contributed by atoms with Crippen LogP contribution in [-0.2, 0) is 0 Å². The number of carbonyl (C=O) groups is 1. The van der Waals surface area contributed by atoms with E-state index in [1.54, 1.807) is 16.7 Å². The van der Waals surface area contributed by atoms with E-state index in [2.05, 4.69) is 22.6 Å². The number of nitrogens with zero attached hydrogens (tertiary/aromatic N) is 3. The Morgan fingerprint density at radius 3 is 2.48 bits per heavy atom. The first kappa shape index (κ1) is 22.9. The fourth-order valence-electron chi connectivity index (χ4n) is 3.91. The van der Waals surface area contributed by atoms with Crippen LogP contribution in [0.2, 0.25) is 0 Å². The Morgan fingerprint density at radius 1 is 1.12 bits per heavy atom. The van der Waals surface area contributed by atoms with Crippen LogP contribution < -0.4 is 10.1 Å². The minimum absolute atomic E-state index is 0.122. The monoisotopic (exact) mass is 464 g/mol. The molecule has 1 aromatic heterocycles. The van der Waals surface area contributed by atoms with Crippen molar-refractivity contribution in [2.75, 3.05) is 19.4 Å². The van der Waals surface area contributed by atoms with Crippen LogP contribution in [0.3, 0.4) is 0 Å². The zero-order valence-electron chi connectivity index (χ0n) is 19.3. The van der Waals surface area contributed by atoms with E-state index >= 15 is 0 Å². The smallest absolute Gasteiger partial charge is 0.322 e. The Balaban J connectivity index is 1.74. The number of hydrogen-bond donors (Lipinski definition) is 1. The van der Waals surface area contributed by atoms with E-state index in [1.165, 1.54) is 0 Å². The minimum Gasteiger partial charge on any atom is -0.494 e. The third-order valence-electron chi connectivity index (χ3n) is 5.57. The van der Waals surface area contributed by atoms with E-state index in [0.29, 0.717) is 24.9 Å². The van der Waals surface area contributed by atoms with Crippen molar-refractivity contribution in [2.45, 2.75) is 38.1 Å². The van der Waals surface area contributed by atoms with E-state index in [1.807, 2.05) is 63.4 Å². The lowest BCUT2D eigenvalue weighted by molar-refractivity contribution is 0.205. The summed E-state index contributed by atoms with van der Waals surface area (Å²) in [5, 5.41) is 7.35. The quantitative estimate of drug-likeness (QED) is 0.427. The molecule has 1 atom stereocenters. The van der Waals surface area contributed by atoms with Gasteiger partial charge in [0.1, 0.15) is 5.75 Å². The van der Waals surface area contributed by atoms with Crippen LogP contribution in [0.5, 0.6) is 5.75 Å². The molecule has 0 fully saturated rings. The first-order valence-corrected chi connectivity index (χ1v) is 12.3. The predicted octanol–water partition coefficient (Wildman–Crippen LogP) is 5.76. The number of carbonyl (C=O) groups excluding carboxylic acids is 1. The number of benzene rings is 2. The second kappa shape index (κ2) is 10.1. The van der Waals surface area contributed by atoms with E-state index < -0.39 is 0 Å². The molecule has 1 unspecified atom stereocenters. The van der Waals surface area contributed by atoms with Crippen molar-refractivity contribution in [3.05, 3.63) is 65.7 Å². The van der Waals surface area contributed by atoms with Crippen molar-refractivity contribution in [2.24, 2.45) is 0 Å². The van der Waals surface area contributed by atoms with Crippen LogP contribution in [-0.4, -0.2) is 40.5 Å². The molecule has 1 N–H and O–H groups in total. The predicted molar refractivity (Wildman–Crippen MR) is 130 cm³/mol. The van der Waals surface area contributed by atoms with Gasteiger partial charge < -0.3 is 14.6 Å². The molecule has 7 nitrogen and oxygen atoms in total. The summed E-state index contributed by atoms with van der Waals surface area (Å²) in [7, 11) is 0. The molecule has 0 spiro atoms. The zero-order valence-corrected chi connectivity index (χ0v) is 20.1. The van der Waals surface area contributed by atoms with Gasteiger partial charge in [-0.3, -0.25) is 4.90 Å². The van der Waals surface area contributed by atoms with Crippen LogP contribution in [0.25, 0.3) is 17.0 Å². The SMILES string of the molecule is CCCN1C(=O)NC(c2ccc(SC)cc2)C(c2nc(-c3ccc(OCC)cc3)no2)=C1C. The summed E-state index contributed by atoms with van der Waals surface area (Å²) >= 11 is 1.68. The highest BCUT2D eigenvalue weighted by atomic mass is 32.2. The number of thioether (sulfide) groups is 1. The van der Waals surface area contributed by atoms with Gasteiger partial charge in [0.25, 0.3) is 5.89 Å². The average molecular weight is 465 g/mol. The maximum Gasteiger partial charge on any atom is 0.322 e. The van der Waals surface area contributed by atoms with Gasteiger partial charge in [-0.05, 0) is 68.5 Å².